The largest absolute Gasteiger partial charge is 0.336 e. The molecule has 0 aromatic heterocycles. The van der Waals surface area contributed by atoms with Crippen molar-refractivity contribution in [3.63, 3.8) is 0 Å². The molecule has 1 aromatic carbocycles. The van der Waals surface area contributed by atoms with Crippen molar-refractivity contribution in [3.05, 3.63) is 34.9 Å². The molecule has 1 heterocycles. The molecule has 1 aliphatic rings. The fraction of sp³-hybridized carbons (Fsp3) is 0.333. The van der Waals surface area contributed by atoms with Gasteiger partial charge in [0.05, 0.1) is 6.04 Å². The zero-order valence-electron chi connectivity index (χ0n) is 9.33. The smallest absolute Gasteiger partial charge is 0.315 e. The molecule has 84 valence electrons. The highest BCUT2D eigenvalue weighted by molar-refractivity contribution is 7.81. The van der Waals surface area contributed by atoms with Crippen LogP contribution in [0, 0.1) is 13.8 Å². The summed E-state index contributed by atoms with van der Waals surface area (Å²) in [5.41, 5.74) is 3.39. The first-order chi connectivity index (χ1) is 7.58. The van der Waals surface area contributed by atoms with E-state index in [4.69, 9.17) is 12.2 Å². The molecule has 0 bridgehead atoms. The molecule has 1 fully saturated rings. The van der Waals surface area contributed by atoms with Gasteiger partial charge < -0.3 is 10.6 Å². The lowest BCUT2D eigenvalue weighted by atomic mass is 9.99. The topological polar surface area (TPSA) is 41.1 Å². The van der Waals surface area contributed by atoms with Crippen LogP contribution < -0.4 is 10.6 Å². The molecular weight excluding hydrogens is 220 g/mol. The zero-order valence-corrected chi connectivity index (χ0v) is 10.1. The lowest BCUT2D eigenvalue weighted by Gasteiger charge is -2.13. The first kappa shape index (κ1) is 11.1. The minimum absolute atomic E-state index is 0.0667. The first-order valence-electron chi connectivity index (χ1n) is 5.24. The van der Waals surface area contributed by atoms with Gasteiger partial charge in [0.25, 0.3) is 0 Å². The minimum Gasteiger partial charge on any atom is -0.336 e. The Morgan fingerprint density at radius 2 is 2.19 bits per heavy atom. The van der Waals surface area contributed by atoms with Crippen molar-refractivity contribution in [1.29, 1.82) is 0 Å². The number of rotatable bonds is 2. The van der Waals surface area contributed by atoms with Crippen LogP contribution in [0.3, 0.4) is 0 Å². The maximum absolute atomic E-state index is 11.1. The lowest BCUT2D eigenvalue weighted by molar-refractivity contribution is 0.248. The molecule has 2 N–H and O–H groups in total. The van der Waals surface area contributed by atoms with E-state index >= 15 is 0 Å². The van der Waals surface area contributed by atoms with Crippen molar-refractivity contribution in [2.75, 3.05) is 6.54 Å². The fourth-order valence-corrected chi connectivity index (χ4v) is 2.16. The van der Waals surface area contributed by atoms with Gasteiger partial charge >= 0.3 is 6.03 Å². The molecule has 0 aliphatic carbocycles. The van der Waals surface area contributed by atoms with E-state index in [1.54, 1.807) is 0 Å². The second-order valence-corrected chi connectivity index (χ2v) is 4.53. The molecule has 0 radical (unpaired) electrons. The number of nitrogens with one attached hydrogen (secondary N) is 2. The molecule has 0 saturated carbocycles. The molecule has 3 nitrogen and oxygen atoms in total. The van der Waals surface area contributed by atoms with Gasteiger partial charge in [-0.25, -0.2) is 4.79 Å². The average Bonchev–Trinajstić information content (AvgIpc) is 2.67. The Kier molecular flexibility index (Phi) is 2.92. The summed E-state index contributed by atoms with van der Waals surface area (Å²) >= 11 is 5.43. The standard InChI is InChI=1S/C12H14N2OS/c1-7-3-4-8(2)9(5-7)11(16)10-6-13-12(15)14-10/h3-5,10H,6H2,1-2H3,(H2,13,14,15). The second kappa shape index (κ2) is 4.22. The van der Waals surface area contributed by atoms with Crippen molar-refractivity contribution >= 4 is 23.1 Å². The predicted octanol–water partition coefficient (Wildman–Crippen LogP) is 1.70. The van der Waals surface area contributed by atoms with Gasteiger partial charge in [-0.3, -0.25) is 0 Å². The van der Waals surface area contributed by atoms with E-state index < -0.39 is 0 Å². The molecule has 4 heteroatoms. The van der Waals surface area contributed by atoms with Crippen LogP contribution in [0.25, 0.3) is 0 Å². The van der Waals surface area contributed by atoms with E-state index in [1.807, 2.05) is 13.8 Å². The minimum atomic E-state index is -0.141. The van der Waals surface area contributed by atoms with E-state index in [9.17, 15) is 4.79 Å². The first-order valence-corrected chi connectivity index (χ1v) is 5.64. The predicted molar refractivity (Wildman–Crippen MR) is 67.9 cm³/mol. The summed E-state index contributed by atoms with van der Waals surface area (Å²) in [6, 6.07) is 5.98. The summed E-state index contributed by atoms with van der Waals surface area (Å²) in [5, 5.41) is 5.52. The third-order valence-corrected chi connectivity index (χ3v) is 3.25. The number of hydrogen-bond donors (Lipinski definition) is 2. The Morgan fingerprint density at radius 3 is 2.81 bits per heavy atom. The van der Waals surface area contributed by atoms with Crippen molar-refractivity contribution in [2.45, 2.75) is 19.9 Å². The number of carbonyl (C=O) groups is 1. The monoisotopic (exact) mass is 234 g/mol. The van der Waals surface area contributed by atoms with Crippen LogP contribution in [0.1, 0.15) is 16.7 Å². The Morgan fingerprint density at radius 1 is 1.44 bits per heavy atom. The molecule has 1 aromatic rings. The van der Waals surface area contributed by atoms with Crippen molar-refractivity contribution in [3.8, 4) is 0 Å². The van der Waals surface area contributed by atoms with Crippen molar-refractivity contribution < 1.29 is 4.79 Å². The number of benzene rings is 1. The molecule has 2 amide bonds. The molecule has 1 atom stereocenters. The Bertz CT molecular complexity index is 456. The fourth-order valence-electron chi connectivity index (χ4n) is 1.80. The SMILES string of the molecule is Cc1ccc(C)c(C(=S)C2CNC(=O)N2)c1. The van der Waals surface area contributed by atoms with Gasteiger partial charge in [0.2, 0.25) is 0 Å². The Labute approximate surface area is 100 Å². The van der Waals surface area contributed by atoms with Crippen LogP contribution in [0.2, 0.25) is 0 Å². The highest BCUT2D eigenvalue weighted by Gasteiger charge is 2.25. The van der Waals surface area contributed by atoms with Gasteiger partial charge in [-0.2, -0.15) is 0 Å². The maximum atomic E-state index is 11.1. The Hall–Kier alpha value is -1.42. The van der Waals surface area contributed by atoms with Crippen LogP contribution in [-0.4, -0.2) is 23.5 Å². The van der Waals surface area contributed by atoms with E-state index in [2.05, 4.69) is 28.8 Å². The number of amides is 2. The zero-order chi connectivity index (χ0) is 11.7. The normalized spacial score (nSPS) is 19.1. The third-order valence-electron chi connectivity index (χ3n) is 2.75. The summed E-state index contributed by atoms with van der Waals surface area (Å²) in [6.45, 7) is 4.65. The molecule has 2 rings (SSSR count). The number of carbonyl (C=O) groups excluding carboxylic acids is 1. The van der Waals surface area contributed by atoms with Gasteiger partial charge in [0, 0.05) is 11.4 Å². The van der Waals surface area contributed by atoms with Crippen molar-refractivity contribution in [2.24, 2.45) is 0 Å². The average molecular weight is 234 g/mol. The third kappa shape index (κ3) is 2.07. The summed E-state index contributed by atoms with van der Waals surface area (Å²) in [7, 11) is 0. The quantitative estimate of drug-likeness (QED) is 0.604. The maximum Gasteiger partial charge on any atom is 0.315 e. The second-order valence-electron chi connectivity index (χ2n) is 4.09. The van der Waals surface area contributed by atoms with Crippen LogP contribution in [0.5, 0.6) is 0 Å². The van der Waals surface area contributed by atoms with E-state index in [1.165, 1.54) is 5.56 Å². The summed E-state index contributed by atoms with van der Waals surface area (Å²) < 4.78 is 0. The molecule has 16 heavy (non-hydrogen) atoms. The van der Waals surface area contributed by atoms with Crippen LogP contribution in [0.4, 0.5) is 4.79 Å². The highest BCUT2D eigenvalue weighted by atomic mass is 32.1. The summed E-state index contributed by atoms with van der Waals surface area (Å²) in [6.07, 6.45) is 0. The lowest BCUT2D eigenvalue weighted by Crippen LogP contribution is -2.34. The van der Waals surface area contributed by atoms with Gasteiger partial charge in [-0.05, 0) is 25.0 Å². The number of hydrogen-bond acceptors (Lipinski definition) is 2. The summed E-state index contributed by atoms with van der Waals surface area (Å²) in [5.74, 6) is 0. The van der Waals surface area contributed by atoms with Crippen LogP contribution >= 0.6 is 12.2 Å². The van der Waals surface area contributed by atoms with Gasteiger partial charge in [-0.1, -0.05) is 36.0 Å². The number of aryl methyl sites for hydroxylation is 2. The molecule has 0 spiro atoms. The Balaban J connectivity index is 2.27. The molecule has 1 saturated heterocycles. The van der Waals surface area contributed by atoms with Gasteiger partial charge in [-0.15, -0.1) is 0 Å². The molecular formula is C12H14N2OS. The van der Waals surface area contributed by atoms with E-state index in [-0.39, 0.29) is 12.1 Å². The van der Waals surface area contributed by atoms with Crippen LogP contribution in [-0.2, 0) is 0 Å². The summed E-state index contributed by atoms with van der Waals surface area (Å²) in [4.78, 5) is 11.9. The number of urea groups is 1. The van der Waals surface area contributed by atoms with Crippen molar-refractivity contribution in [1.82, 2.24) is 10.6 Å². The van der Waals surface area contributed by atoms with Crippen LogP contribution in [0.15, 0.2) is 18.2 Å². The van der Waals surface area contributed by atoms with E-state index in [0.717, 1.165) is 16.0 Å². The van der Waals surface area contributed by atoms with Gasteiger partial charge in [0.15, 0.2) is 0 Å². The van der Waals surface area contributed by atoms with E-state index in [0.29, 0.717) is 6.54 Å². The highest BCUT2D eigenvalue weighted by Crippen LogP contribution is 2.14. The molecule has 1 aliphatic heterocycles. The molecule has 1 unspecified atom stereocenters. The van der Waals surface area contributed by atoms with Gasteiger partial charge in [0.1, 0.15) is 0 Å². The number of thiocarbonyl (C=S) groups is 1.